The smallest absolute Gasteiger partial charge is 0.348 e. The third-order valence-electron chi connectivity index (χ3n) is 4.23. The Morgan fingerprint density at radius 1 is 1.38 bits per heavy atom. The fraction of sp³-hybridized carbons (Fsp3) is 0.333. The van der Waals surface area contributed by atoms with E-state index >= 15 is 0 Å². The van der Waals surface area contributed by atoms with E-state index in [0.29, 0.717) is 18.2 Å². The maximum Gasteiger partial charge on any atom is 0.348 e. The number of fused-ring (bicyclic) bond motifs is 3. The van der Waals surface area contributed by atoms with Crippen LogP contribution in [0.2, 0.25) is 0 Å². The zero-order valence-electron chi connectivity index (χ0n) is 11.5. The van der Waals surface area contributed by atoms with Crippen LogP contribution in [0.3, 0.4) is 0 Å². The van der Waals surface area contributed by atoms with Crippen molar-refractivity contribution in [2.75, 3.05) is 0 Å². The number of H-pyrrole nitrogens is 1. The molecule has 108 valence electrons. The molecule has 3 aromatic rings. The van der Waals surface area contributed by atoms with E-state index in [9.17, 15) is 9.90 Å². The van der Waals surface area contributed by atoms with E-state index < -0.39 is 0 Å². The molecule has 0 bridgehead atoms. The molecule has 1 fully saturated rings. The number of nitrogens with one attached hydrogen (secondary N) is 2. The van der Waals surface area contributed by atoms with Crippen LogP contribution in [0.25, 0.3) is 16.6 Å². The van der Waals surface area contributed by atoms with Crippen molar-refractivity contribution < 1.29 is 5.11 Å². The summed E-state index contributed by atoms with van der Waals surface area (Å²) in [4.78, 5) is 12.0. The van der Waals surface area contributed by atoms with Gasteiger partial charge in [-0.05, 0) is 37.1 Å². The van der Waals surface area contributed by atoms with Crippen LogP contribution in [0.5, 0.6) is 5.75 Å². The molecule has 0 amide bonds. The highest BCUT2D eigenvalue weighted by Gasteiger charge is 2.18. The molecule has 3 N–H and O–H groups in total. The first-order valence-corrected chi connectivity index (χ1v) is 7.17. The van der Waals surface area contributed by atoms with Crippen molar-refractivity contribution >= 4 is 16.6 Å². The van der Waals surface area contributed by atoms with Crippen LogP contribution in [0.15, 0.2) is 29.1 Å². The number of hydrogen-bond acceptors (Lipinski definition) is 4. The van der Waals surface area contributed by atoms with Gasteiger partial charge < -0.3 is 10.4 Å². The highest BCUT2D eigenvalue weighted by atomic mass is 16.3. The average Bonchev–Trinajstić information content (AvgIpc) is 2.79. The molecule has 0 radical (unpaired) electrons. The van der Waals surface area contributed by atoms with Gasteiger partial charge in [0.2, 0.25) is 0 Å². The maximum atomic E-state index is 12.0. The molecule has 4 rings (SSSR count). The van der Waals surface area contributed by atoms with Crippen molar-refractivity contribution in [1.29, 1.82) is 0 Å². The molecular formula is C15H16N4O2. The molecule has 6 nitrogen and oxygen atoms in total. The molecule has 0 unspecified atom stereocenters. The number of pyridine rings is 1. The minimum atomic E-state index is -0.258. The Morgan fingerprint density at radius 3 is 3.00 bits per heavy atom. The lowest BCUT2D eigenvalue weighted by Gasteiger charge is -2.26. The second kappa shape index (κ2) is 4.60. The standard InChI is InChI=1S/C15H16N4O2/c20-12-4-5-13-9(7-12)6-10(8-16-11-2-1-3-11)14-17-18-15(21)19(13)14/h4-7,11,16,20H,1-3,8H2,(H,18,21). The molecule has 0 aliphatic heterocycles. The topological polar surface area (TPSA) is 82.4 Å². The van der Waals surface area contributed by atoms with Gasteiger partial charge in [0.1, 0.15) is 5.75 Å². The van der Waals surface area contributed by atoms with E-state index in [1.54, 1.807) is 22.6 Å². The predicted octanol–water partition coefficient (Wildman–Crippen LogP) is 1.52. The first-order chi connectivity index (χ1) is 10.2. The molecule has 0 atom stereocenters. The van der Waals surface area contributed by atoms with Gasteiger partial charge in [-0.15, -0.1) is 0 Å². The van der Waals surface area contributed by atoms with Gasteiger partial charge in [-0.2, -0.15) is 5.10 Å². The van der Waals surface area contributed by atoms with Crippen LogP contribution >= 0.6 is 0 Å². The summed E-state index contributed by atoms with van der Waals surface area (Å²) in [6.07, 6.45) is 3.69. The van der Waals surface area contributed by atoms with E-state index in [-0.39, 0.29) is 11.4 Å². The van der Waals surface area contributed by atoms with E-state index in [2.05, 4.69) is 15.5 Å². The predicted molar refractivity (Wildman–Crippen MR) is 79.5 cm³/mol. The summed E-state index contributed by atoms with van der Waals surface area (Å²) in [6.45, 7) is 0.671. The fourth-order valence-electron chi connectivity index (χ4n) is 2.85. The highest BCUT2D eigenvalue weighted by Crippen LogP contribution is 2.24. The first-order valence-electron chi connectivity index (χ1n) is 7.17. The number of hydrogen-bond donors (Lipinski definition) is 3. The number of phenols is 1. The normalized spacial score (nSPS) is 15.6. The molecule has 1 saturated carbocycles. The minimum Gasteiger partial charge on any atom is -0.508 e. The Kier molecular flexibility index (Phi) is 2.71. The average molecular weight is 284 g/mol. The van der Waals surface area contributed by atoms with Gasteiger partial charge in [-0.3, -0.25) is 0 Å². The molecule has 1 aliphatic carbocycles. The quantitative estimate of drug-likeness (QED) is 0.681. The zero-order chi connectivity index (χ0) is 14.4. The Labute approximate surface area is 120 Å². The molecule has 2 heterocycles. The van der Waals surface area contributed by atoms with E-state index in [1.165, 1.54) is 19.3 Å². The first kappa shape index (κ1) is 12.4. The SMILES string of the molecule is O=c1[nH]nc2c(CNC3CCC3)cc3cc(O)ccc3n12. The third kappa shape index (κ3) is 1.99. The monoisotopic (exact) mass is 284 g/mol. The molecular weight excluding hydrogens is 268 g/mol. The third-order valence-corrected chi connectivity index (χ3v) is 4.23. The van der Waals surface area contributed by atoms with E-state index in [1.807, 2.05) is 6.07 Å². The van der Waals surface area contributed by atoms with Crippen molar-refractivity contribution in [3.63, 3.8) is 0 Å². The van der Waals surface area contributed by atoms with Crippen LogP contribution in [-0.2, 0) is 6.54 Å². The van der Waals surface area contributed by atoms with Gasteiger partial charge in [0.25, 0.3) is 0 Å². The lowest BCUT2D eigenvalue weighted by molar-refractivity contribution is 0.338. The summed E-state index contributed by atoms with van der Waals surface area (Å²) in [7, 11) is 0. The van der Waals surface area contributed by atoms with Crippen molar-refractivity contribution in [2.24, 2.45) is 0 Å². The molecule has 1 aliphatic rings. The van der Waals surface area contributed by atoms with Gasteiger partial charge in [0.05, 0.1) is 5.52 Å². The summed E-state index contributed by atoms with van der Waals surface area (Å²) < 4.78 is 1.56. The van der Waals surface area contributed by atoms with Crippen LogP contribution < -0.4 is 11.0 Å². The number of rotatable bonds is 3. The van der Waals surface area contributed by atoms with Crippen molar-refractivity contribution in [3.8, 4) is 5.75 Å². The van der Waals surface area contributed by atoms with Gasteiger partial charge in [0, 0.05) is 23.5 Å². The number of aromatic nitrogens is 3. The number of nitrogens with zero attached hydrogens (tertiary/aromatic N) is 2. The second-order valence-corrected chi connectivity index (χ2v) is 5.61. The van der Waals surface area contributed by atoms with Crippen molar-refractivity contribution in [2.45, 2.75) is 31.8 Å². The number of aromatic amines is 1. The molecule has 21 heavy (non-hydrogen) atoms. The number of aromatic hydroxyl groups is 1. The molecule has 0 saturated heterocycles. The summed E-state index contributed by atoms with van der Waals surface area (Å²) in [6, 6.07) is 7.53. The summed E-state index contributed by atoms with van der Waals surface area (Å²) in [5, 5.41) is 20.6. The van der Waals surface area contributed by atoms with Crippen LogP contribution in [0.4, 0.5) is 0 Å². The molecule has 6 heteroatoms. The van der Waals surface area contributed by atoms with Crippen LogP contribution in [0.1, 0.15) is 24.8 Å². The number of phenolic OH excluding ortho intramolecular Hbond substituents is 1. The van der Waals surface area contributed by atoms with Gasteiger partial charge in [-0.1, -0.05) is 6.42 Å². The van der Waals surface area contributed by atoms with Crippen LogP contribution in [0, 0.1) is 0 Å². The van der Waals surface area contributed by atoms with Crippen LogP contribution in [-0.4, -0.2) is 25.7 Å². The van der Waals surface area contributed by atoms with E-state index in [0.717, 1.165) is 16.5 Å². The molecule has 1 aromatic carbocycles. The Morgan fingerprint density at radius 2 is 2.24 bits per heavy atom. The second-order valence-electron chi connectivity index (χ2n) is 5.61. The summed E-state index contributed by atoms with van der Waals surface area (Å²) >= 11 is 0. The lowest BCUT2D eigenvalue weighted by atomic mass is 9.93. The lowest BCUT2D eigenvalue weighted by Crippen LogP contribution is -2.34. The summed E-state index contributed by atoms with van der Waals surface area (Å²) in [5.74, 6) is 0.191. The van der Waals surface area contributed by atoms with E-state index in [4.69, 9.17) is 0 Å². The fourth-order valence-corrected chi connectivity index (χ4v) is 2.85. The Balaban J connectivity index is 1.88. The highest BCUT2D eigenvalue weighted by molar-refractivity contribution is 5.84. The largest absolute Gasteiger partial charge is 0.508 e. The zero-order valence-corrected chi connectivity index (χ0v) is 11.5. The minimum absolute atomic E-state index is 0.191. The van der Waals surface area contributed by atoms with Gasteiger partial charge >= 0.3 is 5.69 Å². The van der Waals surface area contributed by atoms with Crippen molar-refractivity contribution in [1.82, 2.24) is 19.9 Å². The van der Waals surface area contributed by atoms with Gasteiger partial charge in [-0.25, -0.2) is 14.3 Å². The molecule has 2 aromatic heterocycles. The van der Waals surface area contributed by atoms with Crippen molar-refractivity contribution in [3.05, 3.63) is 40.3 Å². The Hall–Kier alpha value is -2.34. The summed E-state index contributed by atoms with van der Waals surface area (Å²) in [5.41, 5.74) is 2.09. The molecule has 0 spiro atoms. The number of benzene rings is 1. The maximum absolute atomic E-state index is 12.0. The Bertz CT molecular complexity index is 876. The van der Waals surface area contributed by atoms with Gasteiger partial charge in [0.15, 0.2) is 5.65 Å².